The Morgan fingerprint density at radius 1 is 1.09 bits per heavy atom. The number of nitrogens with zero attached hydrogens (tertiary/aromatic N) is 3. The number of nitriles is 2. The average molecular weight is 440 g/mol. The zero-order valence-electron chi connectivity index (χ0n) is 20.6. The Labute approximate surface area is 198 Å². The van der Waals surface area contributed by atoms with Gasteiger partial charge in [-0.1, -0.05) is 47.6 Å². The Balaban J connectivity index is 1.75. The second-order valence-corrected chi connectivity index (χ2v) is 11.2. The first-order valence-electron chi connectivity index (χ1n) is 11.8. The fourth-order valence-electron chi connectivity index (χ4n) is 5.13. The molecule has 0 spiro atoms. The van der Waals surface area contributed by atoms with Gasteiger partial charge in [-0.15, -0.1) is 0 Å². The minimum Gasteiger partial charge on any atom is -0.461 e. The van der Waals surface area contributed by atoms with Crippen LogP contribution < -0.4 is 4.90 Å². The minimum absolute atomic E-state index is 0.102. The highest BCUT2D eigenvalue weighted by Crippen LogP contribution is 2.47. The zero-order chi connectivity index (χ0) is 24.0. The smallest absolute Gasteiger partial charge is 0.137 e. The fourth-order valence-corrected chi connectivity index (χ4v) is 5.13. The normalized spacial score (nSPS) is 20.4. The van der Waals surface area contributed by atoms with Crippen LogP contribution in [-0.4, -0.2) is 13.1 Å². The summed E-state index contributed by atoms with van der Waals surface area (Å²) in [4.78, 5) is 2.59. The second-order valence-electron chi connectivity index (χ2n) is 11.2. The van der Waals surface area contributed by atoms with Crippen LogP contribution >= 0.6 is 0 Å². The molecule has 0 saturated carbocycles. The maximum Gasteiger partial charge on any atom is 0.137 e. The summed E-state index contributed by atoms with van der Waals surface area (Å²) in [7, 11) is 0. The molecule has 0 radical (unpaired) electrons. The molecule has 0 amide bonds. The highest BCUT2D eigenvalue weighted by molar-refractivity contribution is 5.71. The van der Waals surface area contributed by atoms with E-state index in [9.17, 15) is 10.5 Å². The third-order valence-electron chi connectivity index (χ3n) is 6.90. The summed E-state index contributed by atoms with van der Waals surface area (Å²) in [6, 6.07) is 8.64. The molecule has 4 rings (SSSR count). The Morgan fingerprint density at radius 2 is 1.82 bits per heavy atom. The largest absolute Gasteiger partial charge is 0.461 e. The van der Waals surface area contributed by atoms with Gasteiger partial charge in [-0.3, -0.25) is 0 Å². The number of hydrogen-bond acceptors (Lipinski definition) is 4. The standard InChI is InChI=1S/C29H33N3O/c1-19(2)26-14-21(23(16-30)17-31)13-24(33-26)8-7-20-11-22-15-28(3,4)18-32-10-9-29(5,6)25(12-20)27(22)32/h7-8,11-14,19H,9-10,15,18H2,1-6H3/b8-7+. The van der Waals surface area contributed by atoms with Crippen LogP contribution in [0.2, 0.25) is 0 Å². The summed E-state index contributed by atoms with van der Waals surface area (Å²) >= 11 is 0. The molecule has 1 aromatic rings. The van der Waals surface area contributed by atoms with E-state index < -0.39 is 0 Å². The van der Waals surface area contributed by atoms with E-state index in [1.54, 1.807) is 12.2 Å². The Morgan fingerprint density at radius 3 is 2.48 bits per heavy atom. The van der Waals surface area contributed by atoms with Gasteiger partial charge in [0, 0.05) is 30.3 Å². The third kappa shape index (κ3) is 4.49. The summed E-state index contributed by atoms with van der Waals surface area (Å²) < 4.78 is 6.08. The van der Waals surface area contributed by atoms with Crippen molar-refractivity contribution in [3.8, 4) is 12.1 Å². The highest BCUT2D eigenvalue weighted by Gasteiger charge is 2.39. The van der Waals surface area contributed by atoms with Crippen LogP contribution in [0.4, 0.5) is 5.69 Å². The van der Waals surface area contributed by atoms with E-state index in [4.69, 9.17) is 4.74 Å². The number of anilines is 1. The van der Waals surface area contributed by atoms with Gasteiger partial charge in [0.25, 0.3) is 0 Å². The van der Waals surface area contributed by atoms with Crippen molar-refractivity contribution in [3.05, 3.63) is 69.7 Å². The molecule has 0 saturated heterocycles. The van der Waals surface area contributed by atoms with Gasteiger partial charge in [0.15, 0.2) is 0 Å². The van der Waals surface area contributed by atoms with Gasteiger partial charge in [0.2, 0.25) is 0 Å². The van der Waals surface area contributed by atoms with Gasteiger partial charge < -0.3 is 9.64 Å². The van der Waals surface area contributed by atoms with Crippen LogP contribution in [0.3, 0.4) is 0 Å². The lowest BCUT2D eigenvalue weighted by Gasteiger charge is -2.48. The summed E-state index contributed by atoms with van der Waals surface area (Å²) in [5.41, 5.74) is 6.56. The monoisotopic (exact) mass is 439 g/mol. The SMILES string of the molecule is CC(C)C1=CC(=C(C#N)C#N)C=C(/C=C/c2cc3c4c(c2)C(C)(C)CCN4CC(C)(C)C3)O1. The van der Waals surface area contributed by atoms with Crippen LogP contribution in [0.25, 0.3) is 6.08 Å². The Hall–Kier alpha value is -3.24. The predicted molar refractivity (Wildman–Crippen MR) is 133 cm³/mol. The first kappa shape index (κ1) is 22.9. The van der Waals surface area contributed by atoms with Crippen molar-refractivity contribution in [1.29, 1.82) is 10.5 Å². The molecule has 33 heavy (non-hydrogen) atoms. The molecule has 0 N–H and O–H groups in total. The van der Waals surface area contributed by atoms with Crippen LogP contribution in [0, 0.1) is 34.0 Å². The first-order valence-corrected chi connectivity index (χ1v) is 11.8. The Bertz CT molecular complexity index is 1180. The predicted octanol–water partition coefficient (Wildman–Crippen LogP) is 6.57. The van der Waals surface area contributed by atoms with Crippen molar-refractivity contribution in [1.82, 2.24) is 0 Å². The molecule has 0 aliphatic carbocycles. The highest BCUT2D eigenvalue weighted by atomic mass is 16.5. The van der Waals surface area contributed by atoms with E-state index in [-0.39, 0.29) is 22.3 Å². The molecule has 1 aromatic carbocycles. The molecule has 0 atom stereocenters. The van der Waals surface area contributed by atoms with E-state index >= 15 is 0 Å². The van der Waals surface area contributed by atoms with Crippen molar-refractivity contribution in [2.24, 2.45) is 11.3 Å². The lowest BCUT2D eigenvalue weighted by atomic mass is 9.71. The molecular formula is C29H33N3O. The fraction of sp³-hybridized carbons (Fsp3) is 0.448. The Kier molecular flexibility index (Phi) is 5.75. The van der Waals surface area contributed by atoms with Crippen molar-refractivity contribution in [2.75, 3.05) is 18.0 Å². The number of hydrogen-bond donors (Lipinski definition) is 0. The number of ether oxygens (including phenoxy) is 1. The minimum atomic E-state index is 0.102. The van der Waals surface area contributed by atoms with Crippen LogP contribution in [0.15, 0.2) is 53.0 Å². The quantitative estimate of drug-likeness (QED) is 0.500. The van der Waals surface area contributed by atoms with Gasteiger partial charge in [0.05, 0.1) is 0 Å². The molecule has 170 valence electrons. The van der Waals surface area contributed by atoms with E-state index in [1.165, 1.54) is 16.8 Å². The molecule has 0 unspecified atom stereocenters. The zero-order valence-corrected chi connectivity index (χ0v) is 20.6. The van der Waals surface area contributed by atoms with Crippen LogP contribution in [0.5, 0.6) is 0 Å². The summed E-state index contributed by atoms with van der Waals surface area (Å²) in [6.07, 6.45) is 9.85. The van der Waals surface area contributed by atoms with Crippen LogP contribution in [-0.2, 0) is 16.6 Å². The van der Waals surface area contributed by atoms with E-state index in [1.807, 2.05) is 32.1 Å². The maximum atomic E-state index is 9.33. The lowest BCUT2D eigenvalue weighted by Crippen LogP contribution is -2.46. The average Bonchev–Trinajstić information content (AvgIpc) is 2.74. The molecule has 3 aliphatic rings. The van der Waals surface area contributed by atoms with E-state index in [2.05, 4.69) is 50.8 Å². The second kappa shape index (κ2) is 8.27. The summed E-state index contributed by atoms with van der Waals surface area (Å²) in [5, 5.41) is 18.7. The molecule has 0 aromatic heterocycles. The number of rotatable bonds is 3. The molecule has 4 heteroatoms. The topological polar surface area (TPSA) is 60.0 Å². The first-order chi connectivity index (χ1) is 15.5. The molecule has 3 aliphatic heterocycles. The van der Waals surface area contributed by atoms with Crippen molar-refractivity contribution in [3.63, 3.8) is 0 Å². The van der Waals surface area contributed by atoms with Crippen LogP contribution in [0.1, 0.15) is 64.7 Å². The molecule has 0 bridgehead atoms. The molecule has 0 fully saturated rings. The van der Waals surface area contributed by atoms with Gasteiger partial charge in [-0.2, -0.15) is 10.5 Å². The number of benzene rings is 1. The summed E-state index contributed by atoms with van der Waals surface area (Å²) in [5.74, 6) is 1.55. The molecule has 4 nitrogen and oxygen atoms in total. The van der Waals surface area contributed by atoms with Crippen molar-refractivity contribution in [2.45, 2.75) is 59.8 Å². The van der Waals surface area contributed by atoms with Crippen molar-refractivity contribution < 1.29 is 4.74 Å². The molecular weight excluding hydrogens is 406 g/mol. The van der Waals surface area contributed by atoms with Gasteiger partial charge in [-0.25, -0.2) is 0 Å². The maximum absolute atomic E-state index is 9.33. The van der Waals surface area contributed by atoms with E-state index in [0.717, 1.165) is 37.3 Å². The van der Waals surface area contributed by atoms with Crippen molar-refractivity contribution >= 4 is 11.8 Å². The van der Waals surface area contributed by atoms with Gasteiger partial charge in [-0.05, 0) is 70.7 Å². The lowest BCUT2D eigenvalue weighted by molar-refractivity contribution is 0.275. The van der Waals surface area contributed by atoms with Gasteiger partial charge >= 0.3 is 0 Å². The number of allylic oxidation sites excluding steroid dienone is 6. The van der Waals surface area contributed by atoms with E-state index in [0.29, 0.717) is 11.3 Å². The molecule has 3 heterocycles. The third-order valence-corrected chi connectivity index (χ3v) is 6.90. The van der Waals surface area contributed by atoms with Gasteiger partial charge in [0.1, 0.15) is 29.2 Å². The summed E-state index contributed by atoms with van der Waals surface area (Å²) in [6.45, 7) is 15.7.